The molecule has 8 heteroatoms. The summed E-state index contributed by atoms with van der Waals surface area (Å²) in [7, 11) is 0. The summed E-state index contributed by atoms with van der Waals surface area (Å²) < 4.78 is 16.3. The van der Waals surface area contributed by atoms with E-state index in [2.05, 4.69) is 10.6 Å². The van der Waals surface area contributed by atoms with Crippen molar-refractivity contribution >= 4 is 17.6 Å². The molecule has 3 amide bonds. The summed E-state index contributed by atoms with van der Waals surface area (Å²) in [6, 6.07) is 4.50. The molecule has 142 valence electrons. The monoisotopic (exact) mass is 363 g/mol. The standard InChI is InChI=1S/C18H25N3O5/c1-12(2)26-14-5-7-21(8-6-14)10-17(22)20-18(23)19-13-3-4-15-16(9-13)25-11-24-15/h3-4,9,12,14H,5-8,10-11H2,1-2H3,(H2,19,20,22,23). The van der Waals surface area contributed by atoms with Crippen molar-refractivity contribution in [2.24, 2.45) is 0 Å². The Morgan fingerprint density at radius 2 is 1.96 bits per heavy atom. The maximum atomic E-state index is 12.1. The number of hydrogen-bond donors (Lipinski definition) is 2. The predicted octanol–water partition coefficient (Wildman–Crippen LogP) is 1.95. The summed E-state index contributed by atoms with van der Waals surface area (Å²) in [5.41, 5.74) is 0.534. The van der Waals surface area contributed by atoms with Gasteiger partial charge < -0.3 is 19.5 Å². The molecular weight excluding hydrogens is 338 g/mol. The van der Waals surface area contributed by atoms with Crippen LogP contribution in [0.5, 0.6) is 11.5 Å². The van der Waals surface area contributed by atoms with Gasteiger partial charge in [-0.05, 0) is 38.8 Å². The normalized spacial score (nSPS) is 17.3. The average molecular weight is 363 g/mol. The lowest BCUT2D eigenvalue weighted by atomic mass is 10.1. The van der Waals surface area contributed by atoms with Crippen LogP contribution < -0.4 is 20.1 Å². The van der Waals surface area contributed by atoms with Gasteiger partial charge in [0.05, 0.1) is 18.8 Å². The molecule has 0 saturated carbocycles. The van der Waals surface area contributed by atoms with Crippen LogP contribution in [0, 0.1) is 0 Å². The van der Waals surface area contributed by atoms with E-state index in [1.165, 1.54) is 0 Å². The van der Waals surface area contributed by atoms with Crippen molar-refractivity contribution in [3.63, 3.8) is 0 Å². The number of piperidine rings is 1. The Morgan fingerprint density at radius 1 is 1.23 bits per heavy atom. The molecule has 1 aromatic carbocycles. The summed E-state index contributed by atoms with van der Waals surface area (Å²) >= 11 is 0. The van der Waals surface area contributed by atoms with Crippen molar-refractivity contribution in [1.82, 2.24) is 10.2 Å². The van der Waals surface area contributed by atoms with Gasteiger partial charge in [0, 0.05) is 24.8 Å². The number of fused-ring (bicyclic) bond motifs is 1. The van der Waals surface area contributed by atoms with E-state index in [4.69, 9.17) is 14.2 Å². The molecule has 0 unspecified atom stereocenters. The number of amides is 3. The van der Waals surface area contributed by atoms with Crippen molar-refractivity contribution in [1.29, 1.82) is 0 Å². The lowest BCUT2D eigenvalue weighted by Crippen LogP contribution is -2.45. The van der Waals surface area contributed by atoms with Crippen LogP contribution >= 0.6 is 0 Å². The Kier molecular flexibility index (Phi) is 5.95. The van der Waals surface area contributed by atoms with E-state index in [9.17, 15) is 9.59 Å². The molecule has 3 rings (SSSR count). The molecule has 0 atom stereocenters. The van der Waals surface area contributed by atoms with Crippen LogP contribution in [0.2, 0.25) is 0 Å². The number of nitrogens with zero attached hydrogens (tertiary/aromatic N) is 1. The third-order valence-electron chi connectivity index (χ3n) is 4.25. The number of carbonyl (C=O) groups is 2. The van der Waals surface area contributed by atoms with Gasteiger partial charge in [-0.25, -0.2) is 4.79 Å². The number of ether oxygens (including phenoxy) is 3. The summed E-state index contributed by atoms with van der Waals surface area (Å²) in [4.78, 5) is 26.1. The summed E-state index contributed by atoms with van der Waals surface area (Å²) in [6.45, 7) is 5.99. The van der Waals surface area contributed by atoms with Gasteiger partial charge >= 0.3 is 6.03 Å². The van der Waals surface area contributed by atoms with Crippen LogP contribution in [0.1, 0.15) is 26.7 Å². The Bertz CT molecular complexity index is 656. The smallest absolute Gasteiger partial charge is 0.325 e. The first-order valence-corrected chi connectivity index (χ1v) is 8.88. The first-order valence-electron chi connectivity index (χ1n) is 8.88. The zero-order valence-corrected chi connectivity index (χ0v) is 15.1. The Hall–Kier alpha value is -2.32. The SMILES string of the molecule is CC(C)OC1CCN(CC(=O)NC(=O)Nc2ccc3c(c2)OCO3)CC1. The van der Waals surface area contributed by atoms with Crippen molar-refractivity contribution < 1.29 is 23.8 Å². The van der Waals surface area contributed by atoms with Gasteiger partial charge in [0.15, 0.2) is 11.5 Å². The van der Waals surface area contributed by atoms with Crippen LogP contribution in [-0.4, -0.2) is 55.5 Å². The zero-order valence-electron chi connectivity index (χ0n) is 15.1. The number of imide groups is 1. The molecule has 0 aromatic heterocycles. The van der Waals surface area contributed by atoms with Crippen molar-refractivity contribution in [3.8, 4) is 11.5 Å². The van der Waals surface area contributed by atoms with Gasteiger partial charge in [0.2, 0.25) is 12.7 Å². The molecule has 2 heterocycles. The number of hydrogen-bond acceptors (Lipinski definition) is 6. The Labute approximate surface area is 152 Å². The fraction of sp³-hybridized carbons (Fsp3) is 0.556. The summed E-state index contributed by atoms with van der Waals surface area (Å²) in [5, 5.41) is 4.98. The number of benzene rings is 1. The molecule has 0 spiro atoms. The molecule has 0 bridgehead atoms. The number of likely N-dealkylation sites (tertiary alicyclic amines) is 1. The molecule has 2 N–H and O–H groups in total. The lowest BCUT2D eigenvalue weighted by molar-refractivity contribution is -0.122. The molecule has 2 aliphatic rings. The minimum Gasteiger partial charge on any atom is -0.454 e. The molecule has 0 aliphatic carbocycles. The van der Waals surface area contributed by atoms with Crippen LogP contribution in [0.4, 0.5) is 10.5 Å². The summed E-state index contributed by atoms with van der Waals surface area (Å²) in [6.07, 6.45) is 2.27. The molecule has 1 saturated heterocycles. The largest absolute Gasteiger partial charge is 0.454 e. The molecule has 0 radical (unpaired) electrons. The van der Waals surface area contributed by atoms with Gasteiger partial charge in [-0.3, -0.25) is 15.0 Å². The highest BCUT2D eigenvalue weighted by atomic mass is 16.7. The highest BCUT2D eigenvalue weighted by Gasteiger charge is 2.22. The first-order chi connectivity index (χ1) is 12.5. The van der Waals surface area contributed by atoms with Crippen LogP contribution in [-0.2, 0) is 9.53 Å². The summed E-state index contributed by atoms with van der Waals surface area (Å²) in [5.74, 6) is 0.879. The van der Waals surface area contributed by atoms with Gasteiger partial charge in [-0.2, -0.15) is 0 Å². The molecule has 8 nitrogen and oxygen atoms in total. The average Bonchev–Trinajstić information content (AvgIpc) is 3.03. The number of urea groups is 1. The van der Waals surface area contributed by atoms with Gasteiger partial charge in [-0.1, -0.05) is 0 Å². The maximum absolute atomic E-state index is 12.1. The van der Waals surface area contributed by atoms with Crippen molar-refractivity contribution in [2.75, 3.05) is 31.7 Å². The van der Waals surface area contributed by atoms with Crippen LogP contribution in [0.3, 0.4) is 0 Å². The van der Waals surface area contributed by atoms with Gasteiger partial charge in [0.25, 0.3) is 0 Å². The number of carbonyl (C=O) groups excluding carboxylic acids is 2. The van der Waals surface area contributed by atoms with Crippen LogP contribution in [0.15, 0.2) is 18.2 Å². The van der Waals surface area contributed by atoms with E-state index in [-0.39, 0.29) is 31.5 Å². The van der Waals surface area contributed by atoms with Crippen molar-refractivity contribution in [2.45, 2.75) is 38.9 Å². The van der Waals surface area contributed by atoms with Crippen LogP contribution in [0.25, 0.3) is 0 Å². The van der Waals surface area contributed by atoms with Gasteiger partial charge in [0.1, 0.15) is 0 Å². The first kappa shape index (κ1) is 18.5. The second-order valence-electron chi connectivity index (χ2n) is 6.73. The van der Waals surface area contributed by atoms with E-state index in [1.54, 1.807) is 18.2 Å². The minimum absolute atomic E-state index is 0.169. The number of anilines is 1. The Balaban J connectivity index is 1.40. The van der Waals surface area contributed by atoms with E-state index < -0.39 is 6.03 Å². The highest BCUT2D eigenvalue weighted by molar-refractivity contribution is 6.01. The molecule has 1 fully saturated rings. The number of nitrogens with one attached hydrogen (secondary N) is 2. The fourth-order valence-corrected chi connectivity index (χ4v) is 3.09. The second-order valence-corrected chi connectivity index (χ2v) is 6.73. The zero-order chi connectivity index (χ0) is 18.5. The topological polar surface area (TPSA) is 89.1 Å². The quantitative estimate of drug-likeness (QED) is 0.831. The van der Waals surface area contributed by atoms with E-state index in [0.29, 0.717) is 17.2 Å². The molecular formula is C18H25N3O5. The maximum Gasteiger partial charge on any atom is 0.325 e. The Morgan fingerprint density at radius 3 is 2.69 bits per heavy atom. The van der Waals surface area contributed by atoms with Crippen molar-refractivity contribution in [3.05, 3.63) is 18.2 Å². The molecule has 1 aromatic rings. The minimum atomic E-state index is -0.563. The third-order valence-corrected chi connectivity index (χ3v) is 4.25. The molecule has 2 aliphatic heterocycles. The van der Waals surface area contributed by atoms with E-state index in [0.717, 1.165) is 25.9 Å². The highest BCUT2D eigenvalue weighted by Crippen LogP contribution is 2.34. The predicted molar refractivity (Wildman–Crippen MR) is 95.4 cm³/mol. The second kappa shape index (κ2) is 8.37. The van der Waals surface area contributed by atoms with E-state index >= 15 is 0 Å². The lowest BCUT2D eigenvalue weighted by Gasteiger charge is -2.32. The van der Waals surface area contributed by atoms with Gasteiger partial charge in [-0.15, -0.1) is 0 Å². The van der Waals surface area contributed by atoms with E-state index in [1.807, 2.05) is 18.7 Å². The molecule has 26 heavy (non-hydrogen) atoms. The third kappa shape index (κ3) is 5.09. The number of rotatable bonds is 5. The fourth-order valence-electron chi connectivity index (χ4n) is 3.09.